The van der Waals surface area contributed by atoms with Crippen molar-refractivity contribution in [2.24, 2.45) is 5.92 Å². The Kier molecular flexibility index (Phi) is 4.37. The van der Waals surface area contributed by atoms with Gasteiger partial charge in [-0.2, -0.15) is 0 Å². The number of aromatic nitrogens is 1. The molecule has 2 unspecified atom stereocenters. The number of para-hydroxylation sites is 1. The minimum Gasteiger partial charge on any atom is -0.496 e. The van der Waals surface area contributed by atoms with Crippen molar-refractivity contribution in [1.29, 1.82) is 0 Å². The maximum atomic E-state index is 13.0. The average molecular weight is 369 g/mol. The molecule has 1 spiro atoms. The number of rotatable bonds is 4. The third-order valence-corrected chi connectivity index (χ3v) is 5.76. The average Bonchev–Trinajstić information content (AvgIpc) is 3.24. The molecule has 2 atom stereocenters. The van der Waals surface area contributed by atoms with Gasteiger partial charge >= 0.3 is 6.03 Å². The molecule has 7 nitrogen and oxygen atoms in total. The zero-order valence-corrected chi connectivity index (χ0v) is 15.5. The van der Waals surface area contributed by atoms with Gasteiger partial charge in [0.05, 0.1) is 13.7 Å². The summed E-state index contributed by atoms with van der Waals surface area (Å²) in [5, 5.41) is 7.03. The van der Waals surface area contributed by atoms with E-state index in [4.69, 9.17) is 9.26 Å². The van der Waals surface area contributed by atoms with Crippen molar-refractivity contribution >= 4 is 11.9 Å². The first-order valence-corrected chi connectivity index (χ1v) is 9.28. The van der Waals surface area contributed by atoms with Crippen molar-refractivity contribution in [2.75, 3.05) is 7.11 Å². The molecule has 1 aromatic heterocycles. The molecule has 1 aliphatic carbocycles. The van der Waals surface area contributed by atoms with Gasteiger partial charge in [-0.15, -0.1) is 0 Å². The first-order valence-electron chi connectivity index (χ1n) is 9.28. The van der Waals surface area contributed by atoms with Crippen LogP contribution in [0.3, 0.4) is 0 Å². The Balaban J connectivity index is 1.56. The molecule has 3 amide bonds. The molecule has 27 heavy (non-hydrogen) atoms. The molecule has 1 saturated carbocycles. The number of carbonyl (C=O) groups excluding carboxylic acids is 2. The summed E-state index contributed by atoms with van der Waals surface area (Å²) in [7, 11) is 1.60. The number of amides is 3. The number of urea groups is 1. The molecule has 2 aliphatic rings. The van der Waals surface area contributed by atoms with Crippen LogP contribution in [0.1, 0.15) is 38.4 Å². The highest BCUT2D eigenvalue weighted by Crippen LogP contribution is 2.38. The number of benzene rings is 1. The number of hydrogen-bond acceptors (Lipinski definition) is 5. The van der Waals surface area contributed by atoms with Gasteiger partial charge in [0.1, 0.15) is 17.0 Å². The SMILES string of the molecule is COc1ccccc1-c1cc(CN2C(=O)NC3(CCCCC3C)C2=O)on1. The first-order chi connectivity index (χ1) is 13.0. The molecule has 2 aromatic rings. The molecular weight excluding hydrogens is 346 g/mol. The molecule has 1 saturated heterocycles. The lowest BCUT2D eigenvalue weighted by atomic mass is 9.73. The molecule has 0 radical (unpaired) electrons. The summed E-state index contributed by atoms with van der Waals surface area (Å²) in [5.41, 5.74) is 0.640. The van der Waals surface area contributed by atoms with Gasteiger partial charge in [-0.25, -0.2) is 4.79 Å². The zero-order valence-electron chi connectivity index (χ0n) is 15.5. The van der Waals surface area contributed by atoms with Gasteiger partial charge in [0.25, 0.3) is 5.91 Å². The minimum absolute atomic E-state index is 0.0707. The highest BCUT2D eigenvalue weighted by molar-refractivity contribution is 6.07. The van der Waals surface area contributed by atoms with Crippen LogP contribution in [0, 0.1) is 5.92 Å². The summed E-state index contributed by atoms with van der Waals surface area (Å²) in [6, 6.07) is 8.87. The quantitative estimate of drug-likeness (QED) is 0.836. The van der Waals surface area contributed by atoms with Gasteiger partial charge in [-0.3, -0.25) is 9.69 Å². The van der Waals surface area contributed by atoms with E-state index >= 15 is 0 Å². The number of nitrogens with one attached hydrogen (secondary N) is 1. The summed E-state index contributed by atoms with van der Waals surface area (Å²) in [6.45, 7) is 2.11. The van der Waals surface area contributed by atoms with Crippen LogP contribution in [0.4, 0.5) is 4.79 Å². The predicted octanol–water partition coefficient (Wildman–Crippen LogP) is 3.35. The van der Waals surface area contributed by atoms with Crippen LogP contribution in [-0.2, 0) is 11.3 Å². The Hall–Kier alpha value is -2.83. The fourth-order valence-corrected chi connectivity index (χ4v) is 4.17. The van der Waals surface area contributed by atoms with Crippen LogP contribution >= 0.6 is 0 Å². The van der Waals surface area contributed by atoms with E-state index in [0.717, 1.165) is 24.8 Å². The van der Waals surface area contributed by atoms with Crippen molar-refractivity contribution in [3.63, 3.8) is 0 Å². The fourth-order valence-electron chi connectivity index (χ4n) is 4.17. The topological polar surface area (TPSA) is 84.7 Å². The van der Waals surface area contributed by atoms with Gasteiger partial charge < -0.3 is 14.6 Å². The Morgan fingerprint density at radius 1 is 1.33 bits per heavy atom. The third-order valence-electron chi connectivity index (χ3n) is 5.76. The largest absolute Gasteiger partial charge is 0.496 e. The smallest absolute Gasteiger partial charge is 0.325 e. The van der Waals surface area contributed by atoms with E-state index in [1.807, 2.05) is 31.2 Å². The molecule has 4 rings (SSSR count). The standard InChI is InChI=1S/C20H23N3O4/c1-13-7-5-6-10-20(13)18(24)23(19(25)21-20)12-14-11-16(22-27-14)15-8-3-4-9-17(15)26-2/h3-4,8-9,11,13H,5-7,10,12H2,1-2H3,(H,21,25). The van der Waals surface area contributed by atoms with Gasteiger partial charge in [0.15, 0.2) is 5.76 Å². The molecule has 1 N–H and O–H groups in total. The Labute approximate surface area is 157 Å². The van der Waals surface area contributed by atoms with Crippen molar-refractivity contribution < 1.29 is 18.8 Å². The fraction of sp³-hybridized carbons (Fsp3) is 0.450. The summed E-state index contributed by atoms with van der Waals surface area (Å²) >= 11 is 0. The van der Waals surface area contributed by atoms with Gasteiger partial charge in [-0.1, -0.05) is 37.1 Å². The summed E-state index contributed by atoms with van der Waals surface area (Å²) < 4.78 is 10.8. The van der Waals surface area contributed by atoms with E-state index < -0.39 is 5.54 Å². The number of nitrogens with zero attached hydrogens (tertiary/aromatic N) is 2. The normalized spacial score (nSPS) is 25.1. The van der Waals surface area contributed by atoms with Gasteiger partial charge in [0, 0.05) is 11.6 Å². The first kappa shape index (κ1) is 17.6. The second-order valence-electron chi connectivity index (χ2n) is 7.32. The highest BCUT2D eigenvalue weighted by Gasteiger charge is 2.54. The van der Waals surface area contributed by atoms with Crippen LogP contribution in [0.15, 0.2) is 34.9 Å². The second kappa shape index (κ2) is 6.72. The van der Waals surface area contributed by atoms with Gasteiger partial charge in [0.2, 0.25) is 0 Å². The lowest BCUT2D eigenvalue weighted by Crippen LogP contribution is -2.53. The third kappa shape index (κ3) is 2.87. The summed E-state index contributed by atoms with van der Waals surface area (Å²) in [4.78, 5) is 26.8. The van der Waals surface area contributed by atoms with E-state index in [1.165, 1.54) is 4.90 Å². The van der Waals surface area contributed by atoms with E-state index in [9.17, 15) is 9.59 Å². The van der Waals surface area contributed by atoms with Crippen LogP contribution in [-0.4, -0.2) is 34.6 Å². The van der Waals surface area contributed by atoms with E-state index in [1.54, 1.807) is 13.2 Å². The molecule has 142 valence electrons. The van der Waals surface area contributed by atoms with E-state index in [-0.39, 0.29) is 24.4 Å². The number of carbonyl (C=O) groups is 2. The monoisotopic (exact) mass is 369 g/mol. The van der Waals surface area contributed by atoms with Crippen molar-refractivity contribution in [2.45, 2.75) is 44.7 Å². The Morgan fingerprint density at radius 2 is 2.15 bits per heavy atom. The van der Waals surface area contributed by atoms with Crippen LogP contribution in [0.25, 0.3) is 11.3 Å². The lowest BCUT2D eigenvalue weighted by molar-refractivity contribution is -0.134. The highest BCUT2D eigenvalue weighted by atomic mass is 16.5. The van der Waals surface area contributed by atoms with Crippen molar-refractivity contribution in [3.8, 4) is 17.0 Å². The molecule has 0 bridgehead atoms. The predicted molar refractivity (Wildman–Crippen MR) is 97.9 cm³/mol. The number of ether oxygens (including phenoxy) is 1. The molecule has 2 heterocycles. The summed E-state index contributed by atoms with van der Waals surface area (Å²) in [5.74, 6) is 1.11. The Morgan fingerprint density at radius 3 is 2.93 bits per heavy atom. The maximum absolute atomic E-state index is 13.0. The van der Waals surface area contributed by atoms with Gasteiger partial charge in [-0.05, 0) is 30.9 Å². The lowest BCUT2D eigenvalue weighted by Gasteiger charge is -2.36. The van der Waals surface area contributed by atoms with Crippen LogP contribution in [0.5, 0.6) is 5.75 Å². The second-order valence-corrected chi connectivity index (χ2v) is 7.32. The maximum Gasteiger partial charge on any atom is 0.325 e. The molecule has 2 fully saturated rings. The zero-order chi connectivity index (χ0) is 19.0. The van der Waals surface area contributed by atoms with Crippen LogP contribution < -0.4 is 10.1 Å². The van der Waals surface area contributed by atoms with Crippen molar-refractivity contribution in [3.05, 3.63) is 36.1 Å². The molecule has 1 aliphatic heterocycles. The number of imide groups is 1. The van der Waals surface area contributed by atoms with E-state index in [2.05, 4.69) is 10.5 Å². The van der Waals surface area contributed by atoms with E-state index in [0.29, 0.717) is 23.6 Å². The number of methoxy groups -OCH3 is 1. The van der Waals surface area contributed by atoms with Crippen LogP contribution in [0.2, 0.25) is 0 Å². The Bertz CT molecular complexity index is 878. The minimum atomic E-state index is -0.763. The molecule has 7 heteroatoms. The summed E-state index contributed by atoms with van der Waals surface area (Å²) in [6.07, 6.45) is 3.68. The van der Waals surface area contributed by atoms with Crippen molar-refractivity contribution in [1.82, 2.24) is 15.4 Å². The molecular formula is C20H23N3O4. The molecule has 1 aromatic carbocycles. The number of hydrogen-bond donors (Lipinski definition) is 1.